The summed E-state index contributed by atoms with van der Waals surface area (Å²) in [6.07, 6.45) is 1.20. The van der Waals surface area contributed by atoms with Crippen molar-refractivity contribution in [2.45, 2.75) is 6.18 Å². The summed E-state index contributed by atoms with van der Waals surface area (Å²) < 4.78 is 41.1. The Labute approximate surface area is 115 Å². The van der Waals surface area contributed by atoms with E-state index in [-0.39, 0.29) is 5.82 Å². The second kappa shape index (κ2) is 4.33. The molecule has 0 saturated heterocycles. The SMILES string of the molecule is O=C(O)c1cn(-c2nccn3nccc23)cc1C(F)(F)F. The highest BCUT2D eigenvalue weighted by molar-refractivity contribution is 5.89. The molecule has 108 valence electrons. The summed E-state index contributed by atoms with van der Waals surface area (Å²) >= 11 is 0. The molecule has 21 heavy (non-hydrogen) atoms. The van der Waals surface area contributed by atoms with E-state index in [4.69, 9.17) is 5.11 Å². The number of rotatable bonds is 2. The summed E-state index contributed by atoms with van der Waals surface area (Å²) in [7, 11) is 0. The molecule has 3 rings (SSSR count). The van der Waals surface area contributed by atoms with Crippen molar-refractivity contribution in [2.24, 2.45) is 0 Å². The summed E-state index contributed by atoms with van der Waals surface area (Å²) in [5, 5.41) is 12.9. The Bertz CT molecular complexity index is 835. The smallest absolute Gasteiger partial charge is 0.418 e. The van der Waals surface area contributed by atoms with Gasteiger partial charge in [-0.2, -0.15) is 18.3 Å². The predicted molar refractivity (Wildman–Crippen MR) is 64.3 cm³/mol. The highest BCUT2D eigenvalue weighted by Crippen LogP contribution is 2.33. The summed E-state index contributed by atoms with van der Waals surface area (Å²) in [5.74, 6) is -1.49. The van der Waals surface area contributed by atoms with Crippen LogP contribution in [-0.4, -0.2) is 30.2 Å². The van der Waals surface area contributed by atoms with Gasteiger partial charge in [0.05, 0.1) is 17.3 Å². The lowest BCUT2D eigenvalue weighted by Gasteiger charge is -2.05. The molecule has 0 saturated carbocycles. The monoisotopic (exact) mass is 296 g/mol. The maximum absolute atomic E-state index is 12.9. The zero-order valence-electron chi connectivity index (χ0n) is 10.2. The van der Waals surface area contributed by atoms with Crippen molar-refractivity contribution in [2.75, 3.05) is 0 Å². The van der Waals surface area contributed by atoms with E-state index in [0.717, 1.165) is 10.8 Å². The Morgan fingerprint density at radius 3 is 2.62 bits per heavy atom. The van der Waals surface area contributed by atoms with Gasteiger partial charge in [-0.1, -0.05) is 0 Å². The molecule has 0 radical (unpaired) electrons. The fourth-order valence-corrected chi connectivity index (χ4v) is 2.02. The van der Waals surface area contributed by atoms with E-state index in [1.165, 1.54) is 23.1 Å². The van der Waals surface area contributed by atoms with Crippen LogP contribution in [0.4, 0.5) is 13.2 Å². The maximum atomic E-state index is 12.9. The number of nitrogens with zero attached hydrogens (tertiary/aromatic N) is 4. The average Bonchev–Trinajstić information content (AvgIpc) is 3.04. The summed E-state index contributed by atoms with van der Waals surface area (Å²) in [6.45, 7) is 0. The molecule has 0 spiro atoms. The fourth-order valence-electron chi connectivity index (χ4n) is 2.02. The molecule has 0 aliphatic carbocycles. The first-order valence-electron chi connectivity index (χ1n) is 5.69. The number of carbonyl (C=O) groups is 1. The van der Waals surface area contributed by atoms with Crippen molar-refractivity contribution < 1.29 is 23.1 Å². The van der Waals surface area contributed by atoms with Crippen LogP contribution in [0.15, 0.2) is 37.1 Å². The molecule has 3 heterocycles. The number of halogens is 3. The van der Waals surface area contributed by atoms with E-state index < -0.39 is 23.3 Å². The molecule has 0 aromatic carbocycles. The Hall–Kier alpha value is -2.84. The average molecular weight is 296 g/mol. The van der Waals surface area contributed by atoms with E-state index >= 15 is 0 Å². The van der Waals surface area contributed by atoms with E-state index in [2.05, 4.69) is 10.1 Å². The highest BCUT2D eigenvalue weighted by atomic mass is 19.4. The minimum atomic E-state index is -4.76. The number of alkyl halides is 3. The van der Waals surface area contributed by atoms with Crippen LogP contribution < -0.4 is 0 Å². The molecule has 6 nitrogen and oxygen atoms in total. The second-order valence-electron chi connectivity index (χ2n) is 4.21. The fraction of sp³-hybridized carbons (Fsp3) is 0.0833. The third kappa shape index (κ3) is 2.12. The summed E-state index contributed by atoms with van der Waals surface area (Å²) in [5.41, 5.74) is -1.60. The van der Waals surface area contributed by atoms with Crippen molar-refractivity contribution in [3.63, 3.8) is 0 Å². The lowest BCUT2D eigenvalue weighted by Crippen LogP contribution is -2.09. The van der Waals surface area contributed by atoms with Gasteiger partial charge in [-0.05, 0) is 6.07 Å². The number of carboxylic acid groups (broad SMARTS) is 1. The molecule has 0 atom stereocenters. The number of hydrogen-bond donors (Lipinski definition) is 1. The van der Waals surface area contributed by atoms with Gasteiger partial charge in [-0.3, -0.25) is 0 Å². The minimum absolute atomic E-state index is 0.160. The number of aromatic carboxylic acids is 1. The first-order valence-corrected chi connectivity index (χ1v) is 5.69. The van der Waals surface area contributed by atoms with Crippen LogP contribution in [-0.2, 0) is 6.18 Å². The third-order valence-electron chi connectivity index (χ3n) is 2.91. The molecule has 0 unspecified atom stereocenters. The lowest BCUT2D eigenvalue weighted by atomic mass is 10.2. The van der Waals surface area contributed by atoms with Gasteiger partial charge in [-0.25, -0.2) is 14.3 Å². The predicted octanol–water partition coefficient (Wildman–Crippen LogP) is 2.24. The van der Waals surface area contributed by atoms with Gasteiger partial charge in [0.15, 0.2) is 5.82 Å². The molecule has 0 aliphatic heterocycles. The van der Waals surface area contributed by atoms with Crippen LogP contribution in [0.1, 0.15) is 15.9 Å². The Balaban J connectivity index is 2.24. The van der Waals surface area contributed by atoms with Crippen LogP contribution in [0, 0.1) is 0 Å². The van der Waals surface area contributed by atoms with Gasteiger partial charge in [0.1, 0.15) is 5.52 Å². The molecular weight excluding hydrogens is 289 g/mol. The summed E-state index contributed by atoms with van der Waals surface area (Å²) in [6, 6.07) is 1.57. The van der Waals surface area contributed by atoms with Crippen molar-refractivity contribution in [1.82, 2.24) is 19.2 Å². The van der Waals surface area contributed by atoms with Crippen LogP contribution in [0.25, 0.3) is 11.3 Å². The molecule has 3 aromatic heterocycles. The van der Waals surface area contributed by atoms with Crippen molar-refractivity contribution in [1.29, 1.82) is 0 Å². The first kappa shape index (κ1) is 13.2. The Morgan fingerprint density at radius 1 is 1.24 bits per heavy atom. The first-order chi connectivity index (χ1) is 9.88. The molecule has 3 aromatic rings. The van der Waals surface area contributed by atoms with Crippen molar-refractivity contribution in [3.8, 4) is 5.82 Å². The van der Waals surface area contributed by atoms with Crippen molar-refractivity contribution in [3.05, 3.63) is 48.2 Å². The van der Waals surface area contributed by atoms with E-state index in [1.807, 2.05) is 0 Å². The van der Waals surface area contributed by atoms with Gasteiger partial charge in [0.25, 0.3) is 0 Å². The van der Waals surface area contributed by atoms with E-state index in [1.54, 1.807) is 6.07 Å². The largest absolute Gasteiger partial charge is 0.478 e. The minimum Gasteiger partial charge on any atom is -0.478 e. The van der Waals surface area contributed by atoms with Crippen LogP contribution in [0.5, 0.6) is 0 Å². The van der Waals surface area contributed by atoms with Gasteiger partial charge >= 0.3 is 12.1 Å². The number of carboxylic acids is 1. The number of hydrogen-bond acceptors (Lipinski definition) is 3. The summed E-state index contributed by atoms with van der Waals surface area (Å²) in [4.78, 5) is 15.0. The lowest BCUT2D eigenvalue weighted by molar-refractivity contribution is -0.138. The third-order valence-corrected chi connectivity index (χ3v) is 2.91. The maximum Gasteiger partial charge on any atom is 0.418 e. The standard InChI is InChI=1S/C12H7F3N4O2/c13-12(14,15)8-6-18(5-7(8)11(20)21)10-9-1-2-17-19(9)4-3-16-10/h1-6H,(H,20,21). The molecular formula is C12H7F3N4O2. The zero-order chi connectivity index (χ0) is 15.2. The molecule has 0 aliphatic rings. The van der Waals surface area contributed by atoms with Crippen LogP contribution in [0.3, 0.4) is 0 Å². The Morgan fingerprint density at radius 2 is 2.00 bits per heavy atom. The molecule has 9 heteroatoms. The van der Waals surface area contributed by atoms with E-state index in [9.17, 15) is 18.0 Å². The Kier molecular flexibility index (Phi) is 2.71. The molecule has 0 amide bonds. The highest BCUT2D eigenvalue weighted by Gasteiger charge is 2.37. The van der Waals surface area contributed by atoms with Gasteiger partial charge in [0, 0.05) is 24.8 Å². The molecule has 0 bridgehead atoms. The quantitative estimate of drug-likeness (QED) is 0.787. The second-order valence-corrected chi connectivity index (χ2v) is 4.21. The zero-order valence-corrected chi connectivity index (χ0v) is 10.2. The van der Waals surface area contributed by atoms with Crippen molar-refractivity contribution >= 4 is 11.5 Å². The van der Waals surface area contributed by atoms with Crippen LogP contribution >= 0.6 is 0 Å². The van der Waals surface area contributed by atoms with Gasteiger partial charge in [0.2, 0.25) is 0 Å². The van der Waals surface area contributed by atoms with E-state index in [0.29, 0.717) is 11.7 Å². The van der Waals surface area contributed by atoms with Crippen LogP contribution in [0.2, 0.25) is 0 Å². The normalized spacial score (nSPS) is 12.0. The number of fused-ring (bicyclic) bond motifs is 1. The van der Waals surface area contributed by atoms with Gasteiger partial charge in [-0.15, -0.1) is 0 Å². The molecule has 1 N–H and O–H groups in total. The topological polar surface area (TPSA) is 72.4 Å². The van der Waals surface area contributed by atoms with Gasteiger partial charge < -0.3 is 9.67 Å². The molecule has 0 fully saturated rings. The number of aromatic nitrogens is 4.